The molecule has 3 rings (SSSR count). The van der Waals surface area contributed by atoms with Gasteiger partial charge in [0.2, 0.25) is 0 Å². The van der Waals surface area contributed by atoms with Crippen LogP contribution in [0.1, 0.15) is 24.7 Å². The summed E-state index contributed by atoms with van der Waals surface area (Å²) in [4.78, 5) is 21.1. The topological polar surface area (TPSA) is 59.4 Å². The minimum atomic E-state index is -1.83. The van der Waals surface area contributed by atoms with Gasteiger partial charge < -0.3 is 0 Å². The third-order valence-electron chi connectivity index (χ3n) is 4.44. The van der Waals surface area contributed by atoms with Crippen molar-refractivity contribution < 1.29 is 34.7 Å². The third kappa shape index (κ3) is 3.88. The molecule has 0 radical (unpaired) electrons. The average molecular weight is 464 g/mol. The van der Waals surface area contributed by atoms with E-state index in [0.29, 0.717) is 25.1 Å². The van der Waals surface area contributed by atoms with Crippen molar-refractivity contribution in [2.75, 3.05) is 18.1 Å². The van der Waals surface area contributed by atoms with Crippen molar-refractivity contribution in [3.63, 3.8) is 0 Å². The molecule has 1 aliphatic carbocycles. The molecule has 0 aromatic carbocycles. The number of hydrogen-bond donors (Lipinski definition) is 1. The molecule has 1 N–H and O–H groups in total. The predicted molar refractivity (Wildman–Crippen MR) is 87.8 cm³/mol. The first-order chi connectivity index (χ1) is 11.9. The van der Waals surface area contributed by atoms with Crippen molar-refractivity contribution in [2.24, 2.45) is 10.9 Å². The number of halogens is 3. The zero-order chi connectivity index (χ0) is 18.0. The van der Waals surface area contributed by atoms with Crippen LogP contribution in [0.4, 0.5) is 8.78 Å². The maximum absolute atomic E-state index is 15.3. The van der Waals surface area contributed by atoms with E-state index in [2.05, 4.69) is 14.9 Å². The van der Waals surface area contributed by atoms with E-state index in [1.165, 1.54) is 17.9 Å². The standard InChI is InChI=1S/C17H21F2IN3O2/c1-17(19)9-21-10-25-6-5-14-15(17)23(16(24)22-14)8-11-3-4-12(20-2)7-13(11)18/h4,7,10-11H,3,5-6,8-9H2,1-2H3,(H,22,24)/q-1/t11-,17?/m0/s1. The number of rotatable bonds is 3. The van der Waals surface area contributed by atoms with Crippen LogP contribution >= 0.6 is 0 Å². The molecule has 2 atom stereocenters. The summed E-state index contributed by atoms with van der Waals surface area (Å²) in [5.74, 6) is -0.675. The number of imidazole rings is 1. The van der Waals surface area contributed by atoms with E-state index >= 15 is 4.39 Å². The molecule has 25 heavy (non-hydrogen) atoms. The Kier molecular flexibility index (Phi) is 5.45. The summed E-state index contributed by atoms with van der Waals surface area (Å²) in [6, 6.07) is 0. The molecule has 2 aliphatic rings. The molecule has 0 fully saturated rings. The summed E-state index contributed by atoms with van der Waals surface area (Å²) in [5, 5.41) is 0. The Hall–Kier alpha value is -1.45. The molecule has 1 aromatic rings. The Labute approximate surface area is 155 Å². The fourth-order valence-corrected chi connectivity index (χ4v) is 4.51. The molecule has 0 saturated carbocycles. The molecule has 1 unspecified atom stereocenters. The van der Waals surface area contributed by atoms with Crippen molar-refractivity contribution in [2.45, 2.75) is 32.0 Å². The van der Waals surface area contributed by atoms with Crippen LogP contribution in [0.3, 0.4) is 0 Å². The van der Waals surface area contributed by atoms with Crippen molar-refractivity contribution in [3.8, 4) is 0 Å². The van der Waals surface area contributed by atoms with Crippen LogP contribution in [0, 0.1) is 5.92 Å². The van der Waals surface area contributed by atoms with Gasteiger partial charge in [-0.1, -0.05) is 0 Å². The SMILES string of the molecule is C[I-]C1=CC[C@@H](Cn2c3c([nH]c2=O)CCOC=NCC3(C)F)C(F)=C1. The maximum atomic E-state index is 15.3. The van der Waals surface area contributed by atoms with Gasteiger partial charge in [-0.3, -0.25) is 0 Å². The van der Waals surface area contributed by atoms with Gasteiger partial charge in [0.05, 0.1) is 0 Å². The molecule has 2 heterocycles. The number of nitrogens with one attached hydrogen (secondary N) is 1. The number of alkyl halides is 2. The van der Waals surface area contributed by atoms with Gasteiger partial charge in [-0.05, 0) is 0 Å². The van der Waals surface area contributed by atoms with Crippen molar-refractivity contribution >= 4 is 6.40 Å². The summed E-state index contributed by atoms with van der Waals surface area (Å²) in [6.45, 7) is 1.66. The number of nitrogens with zero attached hydrogens (tertiary/aromatic N) is 2. The predicted octanol–water partition coefficient (Wildman–Crippen LogP) is -0.562. The van der Waals surface area contributed by atoms with Crippen LogP contribution in [0.2, 0.25) is 0 Å². The van der Waals surface area contributed by atoms with Gasteiger partial charge in [-0.25, -0.2) is 0 Å². The number of allylic oxidation sites excluding steroid dienone is 4. The van der Waals surface area contributed by atoms with E-state index in [4.69, 9.17) is 4.74 Å². The Morgan fingerprint density at radius 2 is 2.36 bits per heavy atom. The van der Waals surface area contributed by atoms with Crippen molar-refractivity contribution in [1.29, 1.82) is 0 Å². The van der Waals surface area contributed by atoms with E-state index in [9.17, 15) is 9.18 Å². The molecule has 0 spiro atoms. The Balaban J connectivity index is 1.96. The van der Waals surface area contributed by atoms with Gasteiger partial charge in [0.25, 0.3) is 0 Å². The molecule has 138 valence electrons. The molecule has 0 bridgehead atoms. The number of aromatic nitrogens is 2. The second-order valence-corrected chi connectivity index (χ2v) is 8.70. The molecule has 1 aliphatic heterocycles. The van der Waals surface area contributed by atoms with Crippen LogP contribution in [0.25, 0.3) is 0 Å². The summed E-state index contributed by atoms with van der Waals surface area (Å²) in [7, 11) is 0. The third-order valence-corrected chi connectivity index (χ3v) is 6.44. The van der Waals surface area contributed by atoms with Crippen LogP contribution in [0.5, 0.6) is 0 Å². The molecule has 0 amide bonds. The van der Waals surface area contributed by atoms with Crippen LogP contribution < -0.4 is 26.9 Å². The quantitative estimate of drug-likeness (QED) is 0.482. The first-order valence-corrected chi connectivity index (χ1v) is 11.3. The first kappa shape index (κ1) is 18.3. The van der Waals surface area contributed by atoms with Crippen LogP contribution in [-0.4, -0.2) is 34.0 Å². The number of aromatic amines is 1. The van der Waals surface area contributed by atoms with Crippen LogP contribution in [0.15, 0.2) is 31.3 Å². The molecule has 8 heteroatoms. The summed E-state index contributed by atoms with van der Waals surface area (Å²) in [6.07, 6.45) is 5.75. The monoisotopic (exact) mass is 464 g/mol. The first-order valence-electron chi connectivity index (χ1n) is 8.10. The fourth-order valence-electron chi connectivity index (χ4n) is 3.21. The van der Waals surface area contributed by atoms with E-state index in [1.807, 2.05) is 6.08 Å². The van der Waals surface area contributed by atoms with Crippen molar-refractivity contribution in [1.82, 2.24) is 9.55 Å². The number of aliphatic imine (C=N–C) groups is 1. The second kappa shape index (κ2) is 7.43. The van der Waals surface area contributed by atoms with Gasteiger partial charge >= 0.3 is 155 Å². The van der Waals surface area contributed by atoms with E-state index < -0.39 is 17.3 Å². The second-order valence-electron chi connectivity index (χ2n) is 6.37. The van der Waals surface area contributed by atoms with Gasteiger partial charge in [-0.2, -0.15) is 0 Å². The molecule has 1 aromatic heterocycles. The molecule has 0 saturated heterocycles. The number of ether oxygens (including phenoxy) is 1. The summed E-state index contributed by atoms with van der Waals surface area (Å²) < 4.78 is 37.3. The number of hydrogen-bond acceptors (Lipinski definition) is 3. The minimum absolute atomic E-state index is 0.114. The fraction of sp³-hybridized carbons (Fsp3) is 0.529. The number of H-pyrrole nitrogens is 1. The normalized spacial score (nSPS) is 26.8. The van der Waals surface area contributed by atoms with Crippen molar-refractivity contribution in [3.05, 3.63) is 43.4 Å². The van der Waals surface area contributed by atoms with Crippen LogP contribution in [-0.2, 0) is 23.4 Å². The van der Waals surface area contributed by atoms with Gasteiger partial charge in [0.15, 0.2) is 0 Å². The van der Waals surface area contributed by atoms with Gasteiger partial charge in [0.1, 0.15) is 0 Å². The van der Waals surface area contributed by atoms with E-state index in [1.54, 1.807) is 6.08 Å². The average Bonchev–Trinajstić information content (AvgIpc) is 2.91. The summed E-state index contributed by atoms with van der Waals surface area (Å²) in [5.41, 5.74) is -1.49. The zero-order valence-corrected chi connectivity index (χ0v) is 16.3. The molecule has 5 nitrogen and oxygen atoms in total. The van der Waals surface area contributed by atoms with E-state index in [-0.39, 0.29) is 45.8 Å². The van der Waals surface area contributed by atoms with E-state index in [0.717, 1.165) is 3.58 Å². The molecular weight excluding hydrogens is 443 g/mol. The van der Waals surface area contributed by atoms with Gasteiger partial charge in [-0.15, -0.1) is 0 Å². The zero-order valence-electron chi connectivity index (χ0n) is 14.2. The summed E-state index contributed by atoms with van der Waals surface area (Å²) >= 11 is -0.172. The number of fused-ring (bicyclic) bond motifs is 1. The molecular formula is C17H21F2IN3O2-. The Morgan fingerprint density at radius 1 is 1.56 bits per heavy atom. The Morgan fingerprint density at radius 3 is 3.08 bits per heavy atom. The van der Waals surface area contributed by atoms with Gasteiger partial charge in [0, 0.05) is 0 Å². The Bertz CT molecular complexity index is 792.